The zero-order chi connectivity index (χ0) is 14.4. The average Bonchev–Trinajstić information content (AvgIpc) is 2.45. The summed E-state index contributed by atoms with van der Waals surface area (Å²) in [6.45, 7) is 3.97. The summed E-state index contributed by atoms with van der Waals surface area (Å²) in [5, 5.41) is 0. The van der Waals surface area contributed by atoms with Gasteiger partial charge >= 0.3 is 0 Å². The second kappa shape index (κ2) is 7.56. The monoisotopic (exact) mass is 280 g/mol. The van der Waals surface area contributed by atoms with Gasteiger partial charge in [0.05, 0.1) is 5.92 Å². The van der Waals surface area contributed by atoms with E-state index in [1.54, 1.807) is 11.8 Å². The molecule has 0 saturated heterocycles. The summed E-state index contributed by atoms with van der Waals surface area (Å²) in [6, 6.07) is 9.78. The van der Waals surface area contributed by atoms with Crippen LogP contribution in [0, 0.1) is 5.92 Å². The van der Waals surface area contributed by atoms with Crippen molar-refractivity contribution in [3.05, 3.63) is 35.9 Å². The lowest BCUT2D eigenvalue weighted by molar-refractivity contribution is -0.135. The molecule has 0 aromatic heterocycles. The van der Waals surface area contributed by atoms with Crippen LogP contribution in [0.2, 0.25) is 0 Å². The predicted octanol–water partition coefficient (Wildman–Crippen LogP) is 2.53. The molecule has 0 spiro atoms. The molecule has 0 aliphatic carbocycles. The summed E-state index contributed by atoms with van der Waals surface area (Å²) in [5.41, 5.74) is 7.21. The number of amides is 1. The van der Waals surface area contributed by atoms with Crippen molar-refractivity contribution < 1.29 is 4.79 Å². The summed E-state index contributed by atoms with van der Waals surface area (Å²) >= 11 is 1.75. The maximum atomic E-state index is 12.4. The van der Waals surface area contributed by atoms with Crippen molar-refractivity contribution in [3.8, 4) is 0 Å². The van der Waals surface area contributed by atoms with Crippen molar-refractivity contribution in [2.75, 3.05) is 19.1 Å². The molecule has 3 nitrogen and oxygen atoms in total. The third-order valence-corrected chi connectivity index (χ3v) is 4.35. The Kier molecular flexibility index (Phi) is 6.38. The van der Waals surface area contributed by atoms with Crippen LogP contribution in [0.15, 0.2) is 30.3 Å². The highest BCUT2D eigenvalue weighted by molar-refractivity contribution is 7.98. The second-order valence-electron chi connectivity index (χ2n) is 4.98. The van der Waals surface area contributed by atoms with Crippen molar-refractivity contribution in [1.29, 1.82) is 0 Å². The number of rotatable bonds is 6. The van der Waals surface area contributed by atoms with Gasteiger partial charge in [-0.1, -0.05) is 37.3 Å². The Morgan fingerprint density at radius 1 is 1.32 bits per heavy atom. The van der Waals surface area contributed by atoms with Gasteiger partial charge in [-0.05, 0) is 18.7 Å². The standard InChI is InChI=1S/C15H24N2OS/c1-11(10-19-4)17(3)15(18)12(2)14(16)13-8-6-5-7-9-13/h5-9,11-12,14H,10,16H2,1-4H3. The van der Waals surface area contributed by atoms with Gasteiger partial charge in [-0.2, -0.15) is 11.8 Å². The van der Waals surface area contributed by atoms with E-state index >= 15 is 0 Å². The van der Waals surface area contributed by atoms with Crippen LogP contribution in [0.1, 0.15) is 25.5 Å². The van der Waals surface area contributed by atoms with Gasteiger partial charge in [-0.3, -0.25) is 4.79 Å². The summed E-state index contributed by atoms with van der Waals surface area (Å²) in [6.07, 6.45) is 2.05. The summed E-state index contributed by atoms with van der Waals surface area (Å²) in [7, 11) is 1.86. The third-order valence-electron chi connectivity index (χ3n) is 3.53. The van der Waals surface area contributed by atoms with Gasteiger partial charge in [-0.25, -0.2) is 0 Å². The Bertz CT molecular complexity index is 396. The normalized spacial score (nSPS) is 15.6. The van der Waals surface area contributed by atoms with Gasteiger partial charge in [0, 0.05) is 24.9 Å². The number of nitrogens with zero attached hydrogens (tertiary/aromatic N) is 1. The molecule has 4 heteroatoms. The molecular formula is C15H24N2OS. The number of hydrogen-bond donors (Lipinski definition) is 1. The van der Waals surface area contributed by atoms with Crippen molar-refractivity contribution in [1.82, 2.24) is 4.90 Å². The molecule has 106 valence electrons. The van der Waals surface area contributed by atoms with E-state index in [2.05, 4.69) is 6.92 Å². The molecule has 1 amide bonds. The number of nitrogens with two attached hydrogens (primary N) is 1. The van der Waals surface area contributed by atoms with Gasteiger partial charge in [0.1, 0.15) is 0 Å². The van der Waals surface area contributed by atoms with E-state index in [1.807, 2.05) is 55.5 Å². The van der Waals surface area contributed by atoms with Crippen LogP contribution >= 0.6 is 11.8 Å². The first kappa shape index (κ1) is 16.1. The van der Waals surface area contributed by atoms with Crippen LogP contribution < -0.4 is 5.73 Å². The molecule has 0 aliphatic heterocycles. The van der Waals surface area contributed by atoms with Crippen LogP contribution in [0.3, 0.4) is 0 Å². The Labute approximate surface area is 120 Å². The quantitative estimate of drug-likeness (QED) is 0.871. The lowest BCUT2D eigenvalue weighted by atomic mass is 9.94. The lowest BCUT2D eigenvalue weighted by Gasteiger charge is -2.29. The fraction of sp³-hybridized carbons (Fsp3) is 0.533. The fourth-order valence-corrected chi connectivity index (χ4v) is 2.71. The van der Waals surface area contributed by atoms with Crippen LogP contribution in [-0.4, -0.2) is 35.9 Å². The molecule has 0 heterocycles. The molecule has 1 aromatic rings. The second-order valence-corrected chi connectivity index (χ2v) is 5.89. The smallest absolute Gasteiger partial charge is 0.227 e. The highest BCUT2D eigenvalue weighted by Crippen LogP contribution is 2.21. The molecule has 1 rings (SSSR count). The molecule has 3 unspecified atom stereocenters. The largest absolute Gasteiger partial charge is 0.342 e. The third kappa shape index (κ3) is 4.25. The highest BCUT2D eigenvalue weighted by Gasteiger charge is 2.26. The first-order valence-corrected chi connectivity index (χ1v) is 7.94. The first-order valence-electron chi connectivity index (χ1n) is 6.55. The number of hydrogen-bond acceptors (Lipinski definition) is 3. The van der Waals surface area contributed by atoms with Crippen molar-refractivity contribution in [2.24, 2.45) is 11.7 Å². The molecule has 0 aliphatic rings. The zero-order valence-corrected chi connectivity index (χ0v) is 13.0. The molecular weight excluding hydrogens is 256 g/mol. The fourth-order valence-electron chi connectivity index (χ4n) is 2.01. The Hall–Kier alpha value is -1.00. The molecule has 0 fully saturated rings. The van der Waals surface area contributed by atoms with E-state index in [0.29, 0.717) is 0 Å². The summed E-state index contributed by atoms with van der Waals surface area (Å²) in [4.78, 5) is 14.2. The van der Waals surface area contributed by atoms with E-state index in [9.17, 15) is 4.79 Å². The minimum atomic E-state index is -0.252. The van der Waals surface area contributed by atoms with Gasteiger partial charge in [0.25, 0.3) is 0 Å². The maximum Gasteiger partial charge on any atom is 0.227 e. The highest BCUT2D eigenvalue weighted by atomic mass is 32.2. The van der Waals surface area contributed by atoms with E-state index in [0.717, 1.165) is 11.3 Å². The number of carbonyl (C=O) groups excluding carboxylic acids is 1. The van der Waals surface area contributed by atoms with Crippen molar-refractivity contribution in [2.45, 2.75) is 25.9 Å². The predicted molar refractivity (Wildman–Crippen MR) is 83.1 cm³/mol. The van der Waals surface area contributed by atoms with Crippen LogP contribution in [0.4, 0.5) is 0 Å². The van der Waals surface area contributed by atoms with Crippen LogP contribution in [0.5, 0.6) is 0 Å². The van der Waals surface area contributed by atoms with Crippen LogP contribution in [-0.2, 0) is 4.79 Å². The maximum absolute atomic E-state index is 12.4. The van der Waals surface area contributed by atoms with Crippen LogP contribution in [0.25, 0.3) is 0 Å². The molecule has 19 heavy (non-hydrogen) atoms. The first-order chi connectivity index (χ1) is 8.99. The molecule has 3 atom stereocenters. The molecule has 2 N–H and O–H groups in total. The van der Waals surface area contributed by atoms with E-state index < -0.39 is 0 Å². The van der Waals surface area contributed by atoms with Gasteiger partial charge < -0.3 is 10.6 Å². The topological polar surface area (TPSA) is 46.3 Å². The average molecular weight is 280 g/mol. The SMILES string of the molecule is CSCC(C)N(C)C(=O)C(C)C(N)c1ccccc1. The summed E-state index contributed by atoms with van der Waals surface area (Å²) in [5.74, 6) is 0.838. The minimum Gasteiger partial charge on any atom is -0.342 e. The zero-order valence-electron chi connectivity index (χ0n) is 12.2. The lowest BCUT2D eigenvalue weighted by Crippen LogP contribution is -2.42. The number of carbonyl (C=O) groups is 1. The Morgan fingerprint density at radius 3 is 2.42 bits per heavy atom. The van der Waals surface area contributed by atoms with Crippen molar-refractivity contribution >= 4 is 17.7 Å². The van der Waals surface area contributed by atoms with Crippen molar-refractivity contribution in [3.63, 3.8) is 0 Å². The summed E-state index contributed by atoms with van der Waals surface area (Å²) < 4.78 is 0. The Morgan fingerprint density at radius 2 is 1.89 bits per heavy atom. The molecule has 1 aromatic carbocycles. The molecule has 0 radical (unpaired) electrons. The van der Waals surface area contributed by atoms with Gasteiger partial charge in [0.2, 0.25) is 5.91 Å². The van der Waals surface area contributed by atoms with E-state index in [4.69, 9.17) is 5.73 Å². The van der Waals surface area contributed by atoms with Gasteiger partial charge in [-0.15, -0.1) is 0 Å². The van der Waals surface area contributed by atoms with E-state index in [1.165, 1.54) is 0 Å². The van der Waals surface area contributed by atoms with E-state index in [-0.39, 0.29) is 23.9 Å². The molecule has 0 bridgehead atoms. The Balaban J connectivity index is 2.71. The molecule has 0 saturated carbocycles. The number of thioether (sulfide) groups is 1. The minimum absolute atomic E-state index is 0.109. The van der Waals surface area contributed by atoms with Gasteiger partial charge in [0.15, 0.2) is 0 Å². The number of benzene rings is 1.